The van der Waals surface area contributed by atoms with Crippen molar-refractivity contribution >= 4 is 13.9 Å². The molecule has 0 saturated carbocycles. The summed E-state index contributed by atoms with van der Waals surface area (Å²) in [5.41, 5.74) is 5.08. The SMILES string of the molecule is CC(C)c1nc2c(c(C3=CCCC3)c1C(O)c1ccc(C(F)(F)F)nc1)C(O[Si](C)(C)C(C)(C)C)CC(C)(C)C2. The zero-order valence-corrected chi connectivity index (χ0v) is 26.5. The van der Waals surface area contributed by atoms with Gasteiger partial charge in [0.1, 0.15) is 11.8 Å². The molecule has 2 aliphatic carbocycles. The van der Waals surface area contributed by atoms with E-state index < -0.39 is 26.3 Å². The summed E-state index contributed by atoms with van der Waals surface area (Å²) in [6.07, 6.45) is 2.04. The second-order valence-electron chi connectivity index (χ2n) is 14.2. The van der Waals surface area contributed by atoms with E-state index in [2.05, 4.69) is 72.6 Å². The molecular weight excluding hydrogens is 529 g/mol. The van der Waals surface area contributed by atoms with Crippen molar-refractivity contribution in [1.29, 1.82) is 0 Å². The fourth-order valence-corrected chi connectivity index (χ4v) is 7.06. The molecule has 4 nitrogen and oxygen atoms in total. The molecular formula is C32H45F3N2O2Si. The highest BCUT2D eigenvalue weighted by Crippen LogP contribution is 2.52. The number of halogens is 3. The predicted molar refractivity (Wildman–Crippen MR) is 157 cm³/mol. The number of alkyl halides is 3. The Hall–Kier alpha value is -2.03. The van der Waals surface area contributed by atoms with Crippen LogP contribution in [0.5, 0.6) is 0 Å². The van der Waals surface area contributed by atoms with Gasteiger partial charge >= 0.3 is 6.18 Å². The number of pyridine rings is 2. The van der Waals surface area contributed by atoms with E-state index in [1.54, 1.807) is 0 Å². The maximum absolute atomic E-state index is 13.2. The molecule has 0 fully saturated rings. The van der Waals surface area contributed by atoms with Crippen molar-refractivity contribution in [2.75, 3.05) is 0 Å². The third-order valence-electron chi connectivity index (χ3n) is 8.90. The molecule has 2 aromatic rings. The first-order valence-corrected chi connectivity index (χ1v) is 17.4. The van der Waals surface area contributed by atoms with Crippen LogP contribution in [0.2, 0.25) is 18.1 Å². The van der Waals surface area contributed by atoms with Crippen LogP contribution in [0.4, 0.5) is 13.2 Å². The zero-order chi connectivity index (χ0) is 29.8. The third kappa shape index (κ3) is 6.09. The number of rotatable bonds is 6. The monoisotopic (exact) mass is 574 g/mol. The number of aliphatic hydroxyl groups is 1. The Labute approximate surface area is 238 Å². The second-order valence-corrected chi connectivity index (χ2v) is 19.0. The maximum atomic E-state index is 13.2. The van der Waals surface area contributed by atoms with E-state index in [1.165, 1.54) is 11.6 Å². The second kappa shape index (κ2) is 10.7. The van der Waals surface area contributed by atoms with Crippen molar-refractivity contribution in [2.45, 2.75) is 123 Å². The summed E-state index contributed by atoms with van der Waals surface area (Å²) >= 11 is 0. The van der Waals surface area contributed by atoms with E-state index in [4.69, 9.17) is 9.41 Å². The van der Waals surface area contributed by atoms with E-state index in [0.717, 1.165) is 66.9 Å². The largest absolute Gasteiger partial charge is 0.433 e. The number of fused-ring (bicyclic) bond motifs is 1. The Kier molecular flexibility index (Phi) is 8.24. The third-order valence-corrected chi connectivity index (χ3v) is 13.4. The first kappa shape index (κ1) is 30.9. The van der Waals surface area contributed by atoms with Crippen LogP contribution in [0.1, 0.15) is 132 Å². The van der Waals surface area contributed by atoms with Crippen LogP contribution in [0.3, 0.4) is 0 Å². The predicted octanol–water partition coefficient (Wildman–Crippen LogP) is 9.30. The Morgan fingerprint density at radius 2 is 1.80 bits per heavy atom. The smallest absolute Gasteiger partial charge is 0.410 e. The van der Waals surface area contributed by atoms with Gasteiger partial charge in [-0.1, -0.05) is 60.6 Å². The molecule has 0 bridgehead atoms. The summed E-state index contributed by atoms with van der Waals surface area (Å²) in [4.78, 5) is 8.89. The van der Waals surface area contributed by atoms with Gasteiger partial charge < -0.3 is 9.53 Å². The molecule has 2 heterocycles. The van der Waals surface area contributed by atoms with Crippen molar-refractivity contribution < 1.29 is 22.7 Å². The van der Waals surface area contributed by atoms with Crippen molar-refractivity contribution in [3.8, 4) is 0 Å². The van der Waals surface area contributed by atoms with Gasteiger partial charge in [0.15, 0.2) is 8.32 Å². The lowest BCUT2D eigenvalue weighted by Gasteiger charge is -2.45. The lowest BCUT2D eigenvalue weighted by Crippen LogP contribution is -2.44. The molecule has 0 spiro atoms. The van der Waals surface area contributed by atoms with E-state index in [9.17, 15) is 18.3 Å². The van der Waals surface area contributed by atoms with E-state index >= 15 is 0 Å². The molecule has 1 N–H and O–H groups in total. The van der Waals surface area contributed by atoms with Crippen LogP contribution < -0.4 is 0 Å². The quantitative estimate of drug-likeness (QED) is 0.349. The average molecular weight is 575 g/mol. The highest BCUT2D eigenvalue weighted by atomic mass is 28.4. The van der Waals surface area contributed by atoms with Gasteiger partial charge in [-0.25, -0.2) is 0 Å². The molecule has 2 aromatic heterocycles. The molecule has 220 valence electrons. The Morgan fingerprint density at radius 3 is 2.30 bits per heavy atom. The van der Waals surface area contributed by atoms with Gasteiger partial charge in [0.05, 0.1) is 6.10 Å². The van der Waals surface area contributed by atoms with Crippen LogP contribution >= 0.6 is 0 Å². The van der Waals surface area contributed by atoms with Crippen LogP contribution in [0.15, 0.2) is 24.4 Å². The zero-order valence-electron chi connectivity index (χ0n) is 25.5. The Morgan fingerprint density at radius 1 is 1.12 bits per heavy atom. The fraction of sp³-hybridized carbons (Fsp3) is 0.625. The highest BCUT2D eigenvalue weighted by molar-refractivity contribution is 6.74. The van der Waals surface area contributed by atoms with Gasteiger partial charge in [0, 0.05) is 34.3 Å². The first-order valence-electron chi connectivity index (χ1n) is 14.5. The van der Waals surface area contributed by atoms with Crippen molar-refractivity contribution in [3.05, 3.63) is 63.7 Å². The maximum Gasteiger partial charge on any atom is 0.433 e. The molecule has 40 heavy (non-hydrogen) atoms. The topological polar surface area (TPSA) is 55.2 Å². The summed E-state index contributed by atoms with van der Waals surface area (Å²) in [5.74, 6) is 0.00269. The van der Waals surface area contributed by atoms with E-state index in [0.29, 0.717) is 11.1 Å². The summed E-state index contributed by atoms with van der Waals surface area (Å²) in [5, 5.41) is 11.9. The number of nitrogens with zero attached hydrogens (tertiary/aromatic N) is 2. The Balaban J connectivity index is 1.99. The molecule has 8 heteroatoms. The van der Waals surface area contributed by atoms with E-state index in [-0.39, 0.29) is 22.5 Å². The highest BCUT2D eigenvalue weighted by Gasteiger charge is 2.45. The minimum Gasteiger partial charge on any atom is -0.410 e. The van der Waals surface area contributed by atoms with Gasteiger partial charge in [-0.15, -0.1) is 0 Å². The number of aliphatic hydroxyl groups excluding tert-OH is 1. The summed E-state index contributed by atoms with van der Waals surface area (Å²) < 4.78 is 46.9. The van der Waals surface area contributed by atoms with E-state index in [1.807, 2.05) is 0 Å². The number of hydrogen-bond acceptors (Lipinski definition) is 4. The lowest BCUT2D eigenvalue weighted by molar-refractivity contribution is -0.141. The normalized spacial score (nSPS) is 20.4. The molecule has 0 aromatic carbocycles. The van der Waals surface area contributed by atoms with Crippen LogP contribution in [-0.2, 0) is 17.0 Å². The van der Waals surface area contributed by atoms with Gasteiger partial charge in [-0.2, -0.15) is 13.2 Å². The van der Waals surface area contributed by atoms with Gasteiger partial charge in [-0.05, 0) is 78.8 Å². The summed E-state index contributed by atoms with van der Waals surface area (Å²) in [7, 11) is -2.18. The summed E-state index contributed by atoms with van der Waals surface area (Å²) in [6.45, 7) is 19.9. The van der Waals surface area contributed by atoms with Crippen molar-refractivity contribution in [2.24, 2.45) is 5.41 Å². The van der Waals surface area contributed by atoms with Gasteiger partial charge in [0.25, 0.3) is 0 Å². The molecule has 0 amide bonds. The molecule has 2 unspecified atom stereocenters. The minimum atomic E-state index is -4.54. The standard InChI is InChI=1S/C32H45F3N2O2Si/c1-19(2)28-27(29(38)21-14-15-24(36-18-21)32(33,34)35)25(20-12-10-11-13-20)26-22(37-28)16-31(6,7)17-23(26)39-40(8,9)30(3,4)5/h12,14-15,18-19,23,29,38H,10-11,13,16-17H2,1-9H3. The first-order chi connectivity index (χ1) is 18.3. The van der Waals surface area contributed by atoms with Crippen molar-refractivity contribution in [1.82, 2.24) is 9.97 Å². The van der Waals surface area contributed by atoms with Crippen LogP contribution in [-0.4, -0.2) is 23.4 Å². The number of aromatic nitrogens is 2. The summed E-state index contributed by atoms with van der Waals surface area (Å²) in [6, 6.07) is 2.28. The number of hydrogen-bond donors (Lipinski definition) is 1. The molecule has 0 saturated heterocycles. The molecule has 0 aliphatic heterocycles. The average Bonchev–Trinajstić information content (AvgIpc) is 3.35. The molecule has 4 rings (SSSR count). The van der Waals surface area contributed by atoms with Gasteiger partial charge in [-0.3, -0.25) is 9.97 Å². The minimum absolute atomic E-state index is 0.00269. The molecule has 2 atom stereocenters. The fourth-order valence-electron chi connectivity index (χ4n) is 5.79. The number of allylic oxidation sites excluding steroid dienone is 2. The molecule has 0 radical (unpaired) electrons. The van der Waals surface area contributed by atoms with Crippen LogP contribution in [0, 0.1) is 5.41 Å². The molecule has 2 aliphatic rings. The van der Waals surface area contributed by atoms with Gasteiger partial charge in [0.2, 0.25) is 0 Å². The lowest BCUT2D eigenvalue weighted by atomic mass is 9.71. The van der Waals surface area contributed by atoms with Crippen LogP contribution in [0.25, 0.3) is 5.57 Å². The van der Waals surface area contributed by atoms with Crippen molar-refractivity contribution in [3.63, 3.8) is 0 Å². The Bertz CT molecular complexity index is 1280.